The van der Waals surface area contributed by atoms with Gasteiger partial charge in [-0.15, -0.1) is 11.3 Å². The van der Waals surface area contributed by atoms with Crippen molar-refractivity contribution in [1.82, 2.24) is 0 Å². The van der Waals surface area contributed by atoms with E-state index < -0.39 is 5.97 Å². The Kier molecular flexibility index (Phi) is 6.35. The molecule has 6 heteroatoms. The molecule has 0 bridgehead atoms. The predicted molar refractivity (Wildman–Crippen MR) is 128 cm³/mol. The number of ether oxygens (including phenoxy) is 2. The van der Waals surface area contributed by atoms with Gasteiger partial charge in [0.2, 0.25) is 0 Å². The number of thiophene rings is 1. The van der Waals surface area contributed by atoms with Crippen molar-refractivity contribution in [1.29, 1.82) is 0 Å². The van der Waals surface area contributed by atoms with Gasteiger partial charge in [0.25, 0.3) is 0 Å². The van der Waals surface area contributed by atoms with Crippen LogP contribution < -0.4 is 9.47 Å². The molecule has 31 heavy (non-hydrogen) atoms. The van der Waals surface area contributed by atoms with Gasteiger partial charge in [0, 0.05) is 16.3 Å². The van der Waals surface area contributed by atoms with Gasteiger partial charge in [-0.3, -0.25) is 4.99 Å². The van der Waals surface area contributed by atoms with Gasteiger partial charge in [-0.1, -0.05) is 48.0 Å². The second-order valence-electron chi connectivity index (χ2n) is 6.81. The zero-order valence-electron chi connectivity index (χ0n) is 17.1. The highest BCUT2D eigenvalue weighted by atomic mass is 35.5. The molecule has 0 spiro atoms. The average Bonchev–Trinajstić information content (AvgIpc) is 3.12. The van der Waals surface area contributed by atoms with Gasteiger partial charge >= 0.3 is 5.97 Å². The number of hydrogen-bond donors (Lipinski definition) is 0. The number of aryl methyl sites for hydroxylation is 1. The number of fused-ring (bicyclic) bond motifs is 1. The SMILES string of the molecule is CCOc1cc(C=Nc2ccccc2C)ccc1OC(=O)c1sc2ccccc2c1Cl. The second kappa shape index (κ2) is 9.33. The van der Waals surface area contributed by atoms with E-state index in [-0.39, 0.29) is 0 Å². The Morgan fingerprint density at radius 3 is 2.61 bits per heavy atom. The zero-order valence-corrected chi connectivity index (χ0v) is 18.7. The molecule has 0 amide bonds. The van der Waals surface area contributed by atoms with E-state index in [1.54, 1.807) is 18.3 Å². The van der Waals surface area contributed by atoms with Crippen molar-refractivity contribution in [2.45, 2.75) is 13.8 Å². The summed E-state index contributed by atoms with van der Waals surface area (Å²) in [6.45, 7) is 4.33. The number of para-hydroxylation sites is 1. The van der Waals surface area contributed by atoms with Gasteiger partial charge in [0.15, 0.2) is 11.5 Å². The summed E-state index contributed by atoms with van der Waals surface area (Å²) in [6, 6.07) is 20.9. The van der Waals surface area contributed by atoms with Crippen LogP contribution in [0.3, 0.4) is 0 Å². The highest BCUT2D eigenvalue weighted by molar-refractivity contribution is 7.21. The number of carbonyl (C=O) groups is 1. The highest BCUT2D eigenvalue weighted by Gasteiger charge is 2.20. The van der Waals surface area contributed by atoms with E-state index in [9.17, 15) is 4.79 Å². The van der Waals surface area contributed by atoms with Gasteiger partial charge in [-0.2, -0.15) is 0 Å². The molecule has 0 unspecified atom stereocenters. The molecule has 3 aromatic carbocycles. The third-order valence-corrected chi connectivity index (χ3v) is 6.31. The Morgan fingerprint density at radius 2 is 1.84 bits per heavy atom. The van der Waals surface area contributed by atoms with Crippen LogP contribution in [0, 0.1) is 6.92 Å². The lowest BCUT2D eigenvalue weighted by molar-refractivity contribution is 0.0733. The van der Waals surface area contributed by atoms with Crippen molar-refractivity contribution in [3.63, 3.8) is 0 Å². The van der Waals surface area contributed by atoms with Crippen molar-refractivity contribution >= 4 is 50.9 Å². The minimum absolute atomic E-state index is 0.341. The van der Waals surface area contributed by atoms with Crippen LogP contribution in [0.2, 0.25) is 5.02 Å². The molecular weight excluding hydrogens is 430 g/mol. The lowest BCUT2D eigenvalue weighted by Crippen LogP contribution is -2.08. The molecular formula is C25H20ClNO3S. The number of halogens is 1. The first-order valence-corrected chi connectivity index (χ1v) is 11.0. The Labute approximate surface area is 189 Å². The smallest absolute Gasteiger partial charge is 0.355 e. The number of aliphatic imine (C=N–C) groups is 1. The van der Waals surface area contributed by atoms with E-state index in [0.717, 1.165) is 26.9 Å². The first kappa shape index (κ1) is 21.1. The average molecular weight is 450 g/mol. The van der Waals surface area contributed by atoms with Crippen molar-refractivity contribution < 1.29 is 14.3 Å². The van der Waals surface area contributed by atoms with Gasteiger partial charge < -0.3 is 9.47 Å². The minimum atomic E-state index is -0.506. The first-order chi connectivity index (χ1) is 15.1. The summed E-state index contributed by atoms with van der Waals surface area (Å²) in [5.41, 5.74) is 2.83. The second-order valence-corrected chi connectivity index (χ2v) is 8.24. The summed E-state index contributed by atoms with van der Waals surface area (Å²) in [4.78, 5) is 17.7. The van der Waals surface area contributed by atoms with Crippen molar-refractivity contribution in [3.8, 4) is 11.5 Å². The van der Waals surface area contributed by atoms with E-state index in [4.69, 9.17) is 21.1 Å². The number of benzene rings is 3. The first-order valence-electron chi connectivity index (χ1n) is 9.82. The van der Waals surface area contributed by atoms with Gasteiger partial charge in [0.05, 0.1) is 17.3 Å². The molecule has 0 aliphatic carbocycles. The highest BCUT2D eigenvalue weighted by Crippen LogP contribution is 2.37. The largest absolute Gasteiger partial charge is 0.490 e. The zero-order chi connectivity index (χ0) is 21.8. The van der Waals surface area contributed by atoms with Gasteiger partial charge in [-0.25, -0.2) is 4.79 Å². The van der Waals surface area contributed by atoms with Crippen LogP contribution in [0.25, 0.3) is 10.1 Å². The molecule has 0 saturated heterocycles. The third kappa shape index (κ3) is 4.63. The molecule has 0 fully saturated rings. The van der Waals surface area contributed by atoms with Crippen LogP contribution in [-0.4, -0.2) is 18.8 Å². The van der Waals surface area contributed by atoms with Crippen LogP contribution >= 0.6 is 22.9 Å². The Hall–Kier alpha value is -3.15. The normalized spacial score (nSPS) is 11.2. The fraction of sp³-hybridized carbons (Fsp3) is 0.120. The maximum atomic E-state index is 12.8. The van der Waals surface area contributed by atoms with E-state index in [1.165, 1.54) is 11.3 Å². The molecule has 1 aromatic heterocycles. The van der Waals surface area contributed by atoms with E-state index >= 15 is 0 Å². The van der Waals surface area contributed by atoms with E-state index in [0.29, 0.717) is 28.0 Å². The van der Waals surface area contributed by atoms with Crippen LogP contribution in [0.15, 0.2) is 71.7 Å². The maximum Gasteiger partial charge on any atom is 0.355 e. The molecule has 4 aromatic rings. The van der Waals surface area contributed by atoms with Crippen LogP contribution in [-0.2, 0) is 0 Å². The Morgan fingerprint density at radius 1 is 1.06 bits per heavy atom. The third-order valence-electron chi connectivity index (χ3n) is 4.66. The van der Waals surface area contributed by atoms with Gasteiger partial charge in [-0.05, 0) is 55.3 Å². The summed E-state index contributed by atoms with van der Waals surface area (Å²) in [5.74, 6) is 0.309. The Bertz CT molecular complexity index is 1280. The fourth-order valence-electron chi connectivity index (χ4n) is 3.10. The maximum absolute atomic E-state index is 12.8. The lowest BCUT2D eigenvalue weighted by atomic mass is 10.2. The summed E-state index contributed by atoms with van der Waals surface area (Å²) in [7, 11) is 0. The molecule has 0 aliphatic heterocycles. The summed E-state index contributed by atoms with van der Waals surface area (Å²) < 4.78 is 12.3. The predicted octanol–water partition coefficient (Wildman–Crippen LogP) is 7.23. The number of rotatable bonds is 6. The van der Waals surface area contributed by atoms with Crippen molar-refractivity contribution in [2.75, 3.05) is 6.61 Å². The molecule has 1 heterocycles. The molecule has 156 valence electrons. The Balaban J connectivity index is 1.59. The molecule has 0 atom stereocenters. The van der Waals surface area contributed by atoms with Crippen molar-refractivity contribution in [2.24, 2.45) is 4.99 Å². The fourth-order valence-corrected chi connectivity index (χ4v) is 4.49. The van der Waals surface area contributed by atoms with Gasteiger partial charge in [0.1, 0.15) is 4.88 Å². The summed E-state index contributed by atoms with van der Waals surface area (Å²) in [6.07, 6.45) is 1.76. The van der Waals surface area contributed by atoms with Crippen molar-refractivity contribution in [3.05, 3.63) is 87.8 Å². The molecule has 0 aliphatic rings. The van der Waals surface area contributed by atoms with Crippen LogP contribution in [0.5, 0.6) is 11.5 Å². The monoisotopic (exact) mass is 449 g/mol. The minimum Gasteiger partial charge on any atom is -0.490 e. The molecule has 4 rings (SSSR count). The quantitative estimate of drug-likeness (QED) is 0.177. The molecule has 4 nitrogen and oxygen atoms in total. The number of carbonyl (C=O) groups excluding carboxylic acids is 1. The molecule has 0 N–H and O–H groups in total. The topological polar surface area (TPSA) is 47.9 Å². The van der Waals surface area contributed by atoms with Crippen LogP contribution in [0.1, 0.15) is 27.7 Å². The number of hydrogen-bond acceptors (Lipinski definition) is 5. The number of esters is 1. The van der Waals surface area contributed by atoms with Crippen LogP contribution in [0.4, 0.5) is 5.69 Å². The van der Waals surface area contributed by atoms with E-state index in [1.807, 2.05) is 68.4 Å². The lowest BCUT2D eigenvalue weighted by Gasteiger charge is -2.11. The molecule has 0 saturated carbocycles. The molecule has 0 radical (unpaired) electrons. The number of nitrogens with zero attached hydrogens (tertiary/aromatic N) is 1. The van der Waals surface area contributed by atoms with E-state index in [2.05, 4.69) is 4.99 Å². The summed E-state index contributed by atoms with van der Waals surface area (Å²) >= 11 is 7.73. The summed E-state index contributed by atoms with van der Waals surface area (Å²) in [5, 5.41) is 1.25. The standard InChI is InChI=1S/C25H20ClNO3S/c1-3-29-21-14-17(15-27-19-10-6-4-8-16(19)2)12-13-20(21)30-25(28)24-23(26)18-9-5-7-11-22(18)31-24/h4-15H,3H2,1-2H3.